The molecule has 0 fully saturated rings. The number of ether oxygens (including phenoxy) is 3. The zero-order chi connectivity index (χ0) is 19.2. The molecule has 7 heteroatoms. The topological polar surface area (TPSA) is 72.2 Å². The minimum absolute atomic E-state index is 0.185. The van der Waals surface area contributed by atoms with Crippen molar-refractivity contribution < 1.29 is 28.5 Å². The summed E-state index contributed by atoms with van der Waals surface area (Å²) in [6.07, 6.45) is 1.68. The Bertz CT molecular complexity index is 863. The monoisotopic (exact) mass is 371 g/mol. The molecule has 0 aliphatic heterocycles. The van der Waals surface area contributed by atoms with Gasteiger partial charge in [-0.05, 0) is 29.8 Å². The molecule has 0 atom stereocenters. The van der Waals surface area contributed by atoms with Crippen LogP contribution in [-0.2, 0) is 16.4 Å². The Kier molecular flexibility index (Phi) is 5.95. The zero-order valence-electron chi connectivity index (χ0n) is 15.6. The van der Waals surface area contributed by atoms with Crippen LogP contribution in [0, 0.1) is 0 Å². The molecule has 0 bridgehead atoms. The molecule has 2 aromatic carbocycles. The second kappa shape index (κ2) is 8.57. The van der Waals surface area contributed by atoms with Crippen molar-refractivity contribution in [2.75, 3.05) is 28.4 Å². The van der Waals surface area contributed by atoms with Crippen LogP contribution in [0.3, 0.4) is 0 Å². The molecule has 0 amide bonds. The molecule has 0 aliphatic carbocycles. The summed E-state index contributed by atoms with van der Waals surface area (Å²) in [6.45, 7) is 0.185. The number of aromatic nitrogens is 1. The van der Waals surface area contributed by atoms with Gasteiger partial charge in [-0.2, -0.15) is 0 Å². The summed E-state index contributed by atoms with van der Waals surface area (Å²) in [5.41, 5.74) is 3.31. The lowest BCUT2D eigenvalue weighted by molar-refractivity contribution is -0.282. The lowest BCUT2D eigenvalue weighted by Crippen LogP contribution is -2.00. The maximum atomic E-state index is 5.53. The third kappa shape index (κ3) is 3.89. The summed E-state index contributed by atoms with van der Waals surface area (Å²) in [5.74, 6) is 2.58. The van der Waals surface area contributed by atoms with Gasteiger partial charge in [0.05, 0.1) is 40.2 Å². The number of hydrogen-bond donors (Lipinski definition) is 0. The van der Waals surface area contributed by atoms with Gasteiger partial charge in [-0.1, -0.05) is 17.3 Å². The van der Waals surface area contributed by atoms with Crippen LogP contribution in [0.4, 0.5) is 0 Å². The van der Waals surface area contributed by atoms with E-state index in [1.807, 2.05) is 36.4 Å². The molecule has 1 heterocycles. The second-order valence-electron chi connectivity index (χ2n) is 5.59. The van der Waals surface area contributed by atoms with Crippen molar-refractivity contribution in [3.8, 4) is 39.7 Å². The Morgan fingerprint density at radius 1 is 0.852 bits per heavy atom. The Morgan fingerprint density at radius 3 is 2.07 bits per heavy atom. The summed E-state index contributed by atoms with van der Waals surface area (Å²) in [6, 6.07) is 11.4. The van der Waals surface area contributed by atoms with Crippen LogP contribution in [0.1, 0.15) is 5.56 Å². The van der Waals surface area contributed by atoms with Crippen LogP contribution in [0.5, 0.6) is 17.2 Å². The fourth-order valence-corrected chi connectivity index (χ4v) is 2.80. The quantitative estimate of drug-likeness (QED) is 0.436. The highest BCUT2D eigenvalue weighted by Crippen LogP contribution is 2.39. The van der Waals surface area contributed by atoms with E-state index in [1.165, 1.54) is 7.11 Å². The van der Waals surface area contributed by atoms with Gasteiger partial charge in [-0.25, -0.2) is 9.78 Å². The largest absolute Gasteiger partial charge is 0.497 e. The van der Waals surface area contributed by atoms with Crippen molar-refractivity contribution in [2.45, 2.75) is 6.61 Å². The Morgan fingerprint density at radius 2 is 1.52 bits per heavy atom. The minimum Gasteiger partial charge on any atom is -0.497 e. The predicted molar refractivity (Wildman–Crippen MR) is 98.8 cm³/mol. The van der Waals surface area contributed by atoms with E-state index in [4.69, 9.17) is 28.5 Å². The van der Waals surface area contributed by atoms with Gasteiger partial charge in [0.25, 0.3) is 0 Å². The maximum absolute atomic E-state index is 5.53. The van der Waals surface area contributed by atoms with Crippen molar-refractivity contribution in [3.05, 3.63) is 48.2 Å². The number of rotatable bonds is 8. The van der Waals surface area contributed by atoms with E-state index in [-0.39, 0.29) is 6.61 Å². The van der Waals surface area contributed by atoms with Crippen molar-refractivity contribution in [1.82, 2.24) is 5.16 Å². The lowest BCUT2D eigenvalue weighted by atomic mass is 10.0. The van der Waals surface area contributed by atoms with Crippen molar-refractivity contribution >= 4 is 0 Å². The molecule has 7 nitrogen and oxygen atoms in total. The van der Waals surface area contributed by atoms with Gasteiger partial charge >= 0.3 is 0 Å². The van der Waals surface area contributed by atoms with E-state index in [1.54, 1.807) is 27.5 Å². The van der Waals surface area contributed by atoms with Gasteiger partial charge < -0.3 is 18.7 Å². The summed E-state index contributed by atoms with van der Waals surface area (Å²) in [5, 5.41) is 3.97. The molecule has 27 heavy (non-hydrogen) atoms. The highest BCUT2D eigenvalue weighted by molar-refractivity contribution is 5.80. The third-order valence-electron chi connectivity index (χ3n) is 4.16. The fourth-order valence-electron chi connectivity index (χ4n) is 2.80. The Balaban J connectivity index is 2.05. The summed E-state index contributed by atoms with van der Waals surface area (Å²) >= 11 is 0. The first-order valence-electron chi connectivity index (χ1n) is 8.21. The van der Waals surface area contributed by atoms with E-state index in [0.29, 0.717) is 17.3 Å². The predicted octanol–water partition coefficient (Wildman–Crippen LogP) is 4.11. The molecule has 0 unspecified atom stereocenters. The maximum Gasteiger partial charge on any atom is 0.174 e. The molecule has 142 valence electrons. The van der Waals surface area contributed by atoms with Gasteiger partial charge in [0.2, 0.25) is 0 Å². The smallest absolute Gasteiger partial charge is 0.174 e. The molecule has 1 aromatic heterocycles. The molecular weight excluding hydrogens is 350 g/mol. The number of nitrogens with zero attached hydrogens (tertiary/aromatic N) is 1. The second-order valence-corrected chi connectivity index (χ2v) is 5.59. The van der Waals surface area contributed by atoms with Gasteiger partial charge in [0, 0.05) is 11.1 Å². The lowest BCUT2D eigenvalue weighted by Gasteiger charge is -2.14. The SMILES string of the molecule is COOCc1c(OC)cc(-c2oncc2-c2ccc(OC)cc2)cc1OC. The van der Waals surface area contributed by atoms with E-state index in [2.05, 4.69) is 5.16 Å². The van der Waals surface area contributed by atoms with Crippen molar-refractivity contribution in [1.29, 1.82) is 0 Å². The molecule has 0 saturated carbocycles. The van der Waals surface area contributed by atoms with Crippen LogP contribution in [-0.4, -0.2) is 33.6 Å². The first kappa shape index (κ1) is 18.8. The zero-order valence-corrected chi connectivity index (χ0v) is 15.6. The molecule has 3 rings (SSSR count). The summed E-state index contributed by atoms with van der Waals surface area (Å²) in [7, 11) is 6.25. The first-order valence-corrected chi connectivity index (χ1v) is 8.21. The summed E-state index contributed by atoms with van der Waals surface area (Å²) in [4.78, 5) is 9.74. The van der Waals surface area contributed by atoms with Crippen LogP contribution in [0.2, 0.25) is 0 Å². The molecule has 3 aromatic rings. The minimum atomic E-state index is 0.185. The standard InChI is InChI=1S/C20H21NO6/c1-22-15-7-5-13(6-8-15)16-11-21-27-20(16)14-9-18(23-2)17(12-26-25-4)19(10-14)24-3/h5-11H,12H2,1-4H3. The van der Waals surface area contributed by atoms with Crippen LogP contribution in [0.15, 0.2) is 47.1 Å². The number of methoxy groups -OCH3 is 3. The van der Waals surface area contributed by atoms with E-state index in [0.717, 1.165) is 28.0 Å². The first-order chi connectivity index (χ1) is 13.2. The fraction of sp³-hybridized carbons (Fsp3) is 0.250. The van der Waals surface area contributed by atoms with Crippen molar-refractivity contribution in [3.63, 3.8) is 0 Å². The average Bonchev–Trinajstić information content (AvgIpc) is 3.21. The molecule has 0 aliphatic rings. The molecular formula is C20H21NO6. The van der Waals surface area contributed by atoms with Crippen LogP contribution >= 0.6 is 0 Å². The van der Waals surface area contributed by atoms with E-state index in [9.17, 15) is 0 Å². The molecule has 0 radical (unpaired) electrons. The van der Waals surface area contributed by atoms with Crippen molar-refractivity contribution in [2.24, 2.45) is 0 Å². The highest BCUT2D eigenvalue weighted by atomic mass is 17.2. The normalized spacial score (nSPS) is 10.7. The van der Waals surface area contributed by atoms with Gasteiger partial charge in [-0.3, -0.25) is 0 Å². The van der Waals surface area contributed by atoms with Gasteiger partial charge in [-0.15, -0.1) is 0 Å². The Labute approximate surface area is 157 Å². The number of benzene rings is 2. The summed E-state index contributed by atoms with van der Waals surface area (Å²) < 4.78 is 21.8. The van der Waals surface area contributed by atoms with Gasteiger partial charge in [0.1, 0.15) is 23.9 Å². The van der Waals surface area contributed by atoms with Gasteiger partial charge in [0.15, 0.2) is 5.76 Å². The molecule has 0 saturated heterocycles. The molecule has 0 spiro atoms. The third-order valence-corrected chi connectivity index (χ3v) is 4.16. The van der Waals surface area contributed by atoms with Crippen LogP contribution in [0.25, 0.3) is 22.5 Å². The Hall–Kier alpha value is -3.03. The molecule has 0 N–H and O–H groups in total. The highest BCUT2D eigenvalue weighted by Gasteiger charge is 2.19. The average molecular weight is 371 g/mol. The number of hydrogen-bond acceptors (Lipinski definition) is 7. The van der Waals surface area contributed by atoms with E-state index >= 15 is 0 Å². The van der Waals surface area contributed by atoms with Crippen LogP contribution < -0.4 is 14.2 Å². The van der Waals surface area contributed by atoms with E-state index < -0.39 is 0 Å².